The molecule has 7 heteroatoms. The van der Waals surface area contributed by atoms with Gasteiger partial charge in [-0.15, -0.1) is 0 Å². The Kier molecular flexibility index (Phi) is 2.34. The quantitative estimate of drug-likeness (QED) is 0.738. The number of halogens is 3. The second-order valence-electron chi connectivity index (χ2n) is 3.62. The lowest BCUT2D eigenvalue weighted by atomic mass is 10.1. The monoisotopic (exact) mass is 244 g/mol. The number of hydrogen-bond donors (Lipinski definition) is 2. The van der Waals surface area contributed by atoms with E-state index in [1.54, 1.807) is 0 Å². The first-order valence-corrected chi connectivity index (χ1v) is 4.63. The minimum Gasteiger partial charge on any atom is -0.307 e. The fourth-order valence-electron chi connectivity index (χ4n) is 1.61. The molecule has 1 aromatic carbocycles. The molecule has 0 aliphatic carbocycles. The van der Waals surface area contributed by atoms with Crippen molar-refractivity contribution in [1.82, 2.24) is 9.97 Å². The van der Waals surface area contributed by atoms with Crippen LogP contribution in [0, 0.1) is 6.92 Å². The zero-order chi connectivity index (χ0) is 12.8. The molecule has 1 heterocycles. The smallest absolute Gasteiger partial charge is 0.307 e. The molecular weight excluding hydrogens is 237 g/mol. The summed E-state index contributed by atoms with van der Waals surface area (Å²) in [7, 11) is 0. The Bertz CT molecular complexity index is 697. The van der Waals surface area contributed by atoms with Crippen LogP contribution in [0.5, 0.6) is 0 Å². The number of aryl methyl sites for hydroxylation is 1. The third-order valence-electron chi connectivity index (χ3n) is 2.37. The van der Waals surface area contributed by atoms with E-state index in [0.717, 1.165) is 12.1 Å². The third kappa shape index (κ3) is 1.95. The molecule has 0 spiro atoms. The van der Waals surface area contributed by atoms with E-state index in [1.165, 1.54) is 6.92 Å². The summed E-state index contributed by atoms with van der Waals surface area (Å²) in [5.41, 5.74) is -2.19. The maximum atomic E-state index is 12.5. The van der Waals surface area contributed by atoms with E-state index in [2.05, 4.69) is 4.98 Å². The third-order valence-corrected chi connectivity index (χ3v) is 2.37. The minimum atomic E-state index is -4.53. The highest BCUT2D eigenvalue weighted by Gasteiger charge is 2.31. The van der Waals surface area contributed by atoms with Gasteiger partial charge in [0.25, 0.3) is 5.56 Å². The number of benzene rings is 1. The summed E-state index contributed by atoms with van der Waals surface area (Å²) in [6.07, 6.45) is -4.53. The van der Waals surface area contributed by atoms with Crippen molar-refractivity contribution in [3.63, 3.8) is 0 Å². The van der Waals surface area contributed by atoms with E-state index in [1.807, 2.05) is 4.98 Å². The fourth-order valence-corrected chi connectivity index (χ4v) is 1.61. The van der Waals surface area contributed by atoms with Crippen LogP contribution in [-0.2, 0) is 6.18 Å². The Hall–Kier alpha value is -2.05. The Labute approximate surface area is 92.1 Å². The molecule has 4 nitrogen and oxygen atoms in total. The summed E-state index contributed by atoms with van der Waals surface area (Å²) in [4.78, 5) is 26.6. The Morgan fingerprint density at radius 1 is 1.12 bits per heavy atom. The summed E-state index contributed by atoms with van der Waals surface area (Å²) in [5.74, 6) is 0. The molecule has 0 bridgehead atoms. The molecule has 0 fully saturated rings. The van der Waals surface area contributed by atoms with Gasteiger partial charge in [-0.05, 0) is 24.6 Å². The van der Waals surface area contributed by atoms with Gasteiger partial charge in [0.2, 0.25) is 0 Å². The minimum absolute atomic E-state index is 0.117. The number of aromatic amines is 2. The number of aromatic nitrogens is 2. The predicted octanol–water partition coefficient (Wildman–Crippen LogP) is 1.54. The van der Waals surface area contributed by atoms with E-state index in [9.17, 15) is 22.8 Å². The second kappa shape index (κ2) is 3.47. The maximum Gasteiger partial charge on any atom is 0.416 e. The van der Waals surface area contributed by atoms with E-state index in [4.69, 9.17) is 0 Å². The molecule has 0 saturated heterocycles. The van der Waals surface area contributed by atoms with Crippen LogP contribution in [0.15, 0.2) is 21.7 Å². The topological polar surface area (TPSA) is 65.7 Å². The van der Waals surface area contributed by atoms with Gasteiger partial charge in [-0.3, -0.25) is 9.78 Å². The Morgan fingerprint density at radius 2 is 1.76 bits per heavy atom. The zero-order valence-corrected chi connectivity index (χ0v) is 8.61. The van der Waals surface area contributed by atoms with Gasteiger partial charge in [0, 0.05) is 0 Å². The Morgan fingerprint density at radius 3 is 2.35 bits per heavy atom. The molecule has 0 saturated carbocycles. The molecule has 0 aliphatic rings. The van der Waals surface area contributed by atoms with Crippen LogP contribution in [-0.4, -0.2) is 9.97 Å². The molecule has 2 N–H and O–H groups in total. The summed E-state index contributed by atoms with van der Waals surface area (Å²) in [6.45, 7) is 1.40. The molecule has 0 radical (unpaired) electrons. The van der Waals surface area contributed by atoms with Gasteiger partial charge in [-0.1, -0.05) is 0 Å². The molecule has 1 aromatic heterocycles. The first-order chi connectivity index (χ1) is 7.79. The number of rotatable bonds is 0. The van der Waals surface area contributed by atoms with Crippen molar-refractivity contribution in [2.75, 3.05) is 0 Å². The van der Waals surface area contributed by atoms with Crippen molar-refractivity contribution in [1.29, 1.82) is 0 Å². The molecule has 0 unspecified atom stereocenters. The van der Waals surface area contributed by atoms with Crippen molar-refractivity contribution >= 4 is 10.9 Å². The fraction of sp³-hybridized carbons (Fsp3) is 0.200. The van der Waals surface area contributed by atoms with Crippen LogP contribution in [0.25, 0.3) is 10.9 Å². The highest BCUT2D eigenvalue weighted by molar-refractivity contribution is 5.81. The summed E-state index contributed by atoms with van der Waals surface area (Å²) in [5, 5.41) is -0.183. The van der Waals surface area contributed by atoms with E-state index >= 15 is 0 Å². The number of fused-ring (bicyclic) bond motifs is 1. The molecular formula is C10H7F3N2O2. The number of hydrogen-bond acceptors (Lipinski definition) is 2. The maximum absolute atomic E-state index is 12.5. The summed E-state index contributed by atoms with van der Waals surface area (Å²) < 4.78 is 37.6. The lowest BCUT2D eigenvalue weighted by Crippen LogP contribution is -2.23. The van der Waals surface area contributed by atoms with Gasteiger partial charge in [-0.25, -0.2) is 4.79 Å². The van der Waals surface area contributed by atoms with E-state index < -0.39 is 23.0 Å². The van der Waals surface area contributed by atoms with Crippen LogP contribution in [0.1, 0.15) is 11.1 Å². The molecule has 0 aliphatic heterocycles. The normalized spacial score (nSPS) is 12.0. The van der Waals surface area contributed by atoms with Crippen LogP contribution in [0.3, 0.4) is 0 Å². The Balaban J connectivity index is 2.92. The number of nitrogens with one attached hydrogen (secondary N) is 2. The van der Waals surface area contributed by atoms with Gasteiger partial charge in [0.1, 0.15) is 0 Å². The molecule has 0 amide bonds. The summed E-state index contributed by atoms with van der Waals surface area (Å²) >= 11 is 0. The van der Waals surface area contributed by atoms with Crippen LogP contribution >= 0.6 is 0 Å². The first kappa shape index (κ1) is 11.4. The van der Waals surface area contributed by atoms with Gasteiger partial charge in [0.15, 0.2) is 0 Å². The zero-order valence-electron chi connectivity index (χ0n) is 8.61. The highest BCUT2D eigenvalue weighted by Crippen LogP contribution is 2.31. The average molecular weight is 244 g/mol. The standard InChI is InChI=1S/C10H7F3N2O2/c1-4-2-5(10(11,12)13)3-6-7(4)14-9(17)15-8(6)16/h2-3H,1H3,(H2,14,15,16,17). The number of H-pyrrole nitrogens is 2. The first-order valence-electron chi connectivity index (χ1n) is 4.63. The van der Waals surface area contributed by atoms with Crippen molar-refractivity contribution < 1.29 is 13.2 Å². The number of alkyl halides is 3. The van der Waals surface area contributed by atoms with Gasteiger partial charge in [0.05, 0.1) is 16.5 Å². The van der Waals surface area contributed by atoms with Crippen LogP contribution in [0.2, 0.25) is 0 Å². The molecule has 17 heavy (non-hydrogen) atoms. The van der Waals surface area contributed by atoms with E-state index in [0.29, 0.717) is 0 Å². The van der Waals surface area contributed by atoms with Gasteiger partial charge < -0.3 is 4.98 Å². The molecule has 0 atom stereocenters. The van der Waals surface area contributed by atoms with E-state index in [-0.39, 0.29) is 16.5 Å². The van der Waals surface area contributed by atoms with Gasteiger partial charge >= 0.3 is 11.9 Å². The van der Waals surface area contributed by atoms with Crippen molar-refractivity contribution in [2.24, 2.45) is 0 Å². The van der Waals surface area contributed by atoms with Crippen LogP contribution in [0.4, 0.5) is 13.2 Å². The second-order valence-corrected chi connectivity index (χ2v) is 3.62. The van der Waals surface area contributed by atoms with Crippen molar-refractivity contribution in [2.45, 2.75) is 13.1 Å². The highest BCUT2D eigenvalue weighted by atomic mass is 19.4. The molecule has 2 aromatic rings. The lowest BCUT2D eigenvalue weighted by molar-refractivity contribution is -0.137. The predicted molar refractivity (Wildman–Crippen MR) is 54.9 cm³/mol. The average Bonchev–Trinajstić information content (AvgIpc) is 2.17. The molecule has 2 rings (SSSR count). The largest absolute Gasteiger partial charge is 0.416 e. The lowest BCUT2D eigenvalue weighted by Gasteiger charge is -2.09. The van der Waals surface area contributed by atoms with Gasteiger partial charge in [-0.2, -0.15) is 13.2 Å². The summed E-state index contributed by atoms with van der Waals surface area (Å²) in [6, 6.07) is 1.61. The van der Waals surface area contributed by atoms with Crippen LogP contribution < -0.4 is 11.2 Å². The van der Waals surface area contributed by atoms with Crippen molar-refractivity contribution in [3.8, 4) is 0 Å². The SMILES string of the molecule is Cc1cc(C(F)(F)F)cc2c(=O)[nH]c(=O)[nH]c12. The molecule has 90 valence electrons. The van der Waals surface area contributed by atoms with Crippen molar-refractivity contribution in [3.05, 3.63) is 44.1 Å².